The highest BCUT2D eigenvalue weighted by atomic mass is 32.1. The van der Waals surface area contributed by atoms with Gasteiger partial charge in [0.15, 0.2) is 11.5 Å². The van der Waals surface area contributed by atoms with Crippen LogP contribution in [0.1, 0.15) is 16.7 Å². The molecule has 3 rings (SSSR count). The van der Waals surface area contributed by atoms with Gasteiger partial charge >= 0.3 is 0 Å². The average Bonchev–Trinajstić information content (AvgIpc) is 2.93. The highest BCUT2D eigenvalue weighted by molar-refractivity contribution is 7.12. The summed E-state index contributed by atoms with van der Waals surface area (Å²) in [6, 6.07) is 10.4. The molecule has 4 heteroatoms. The maximum Gasteiger partial charge on any atom is 0.163 e. The van der Waals surface area contributed by atoms with E-state index in [1.807, 2.05) is 29.5 Å². The van der Waals surface area contributed by atoms with E-state index in [0.717, 1.165) is 30.2 Å². The van der Waals surface area contributed by atoms with Crippen LogP contribution in [0.25, 0.3) is 0 Å². The van der Waals surface area contributed by atoms with Crippen LogP contribution in [0.3, 0.4) is 0 Å². The SMILES string of the molecule is CCc1ccc(CNc2ccc3c(c2)OCCO3)s1. The molecule has 0 bridgehead atoms. The number of ether oxygens (including phenoxy) is 2. The molecule has 19 heavy (non-hydrogen) atoms. The molecule has 0 fully saturated rings. The topological polar surface area (TPSA) is 30.5 Å². The molecule has 0 atom stereocenters. The lowest BCUT2D eigenvalue weighted by Gasteiger charge is -2.19. The number of thiophene rings is 1. The second-order valence-electron chi connectivity index (χ2n) is 4.43. The van der Waals surface area contributed by atoms with Gasteiger partial charge in [0.2, 0.25) is 0 Å². The molecule has 0 saturated heterocycles. The van der Waals surface area contributed by atoms with Gasteiger partial charge in [-0.15, -0.1) is 11.3 Å². The summed E-state index contributed by atoms with van der Waals surface area (Å²) in [5, 5.41) is 3.42. The largest absolute Gasteiger partial charge is 0.486 e. The first kappa shape index (κ1) is 12.4. The van der Waals surface area contributed by atoms with E-state index in [1.54, 1.807) is 0 Å². The molecule has 2 aromatic rings. The predicted molar refractivity (Wildman–Crippen MR) is 78.5 cm³/mol. The van der Waals surface area contributed by atoms with Crippen LogP contribution in [-0.2, 0) is 13.0 Å². The van der Waals surface area contributed by atoms with Crippen LogP contribution >= 0.6 is 11.3 Å². The van der Waals surface area contributed by atoms with Crippen molar-refractivity contribution >= 4 is 17.0 Å². The number of hydrogen-bond donors (Lipinski definition) is 1. The molecule has 0 aliphatic carbocycles. The summed E-state index contributed by atoms with van der Waals surface area (Å²) in [4.78, 5) is 2.78. The Morgan fingerprint density at radius 2 is 1.84 bits per heavy atom. The maximum absolute atomic E-state index is 5.58. The van der Waals surface area contributed by atoms with Gasteiger partial charge in [-0.2, -0.15) is 0 Å². The number of hydrogen-bond acceptors (Lipinski definition) is 4. The number of anilines is 1. The van der Waals surface area contributed by atoms with E-state index >= 15 is 0 Å². The smallest absolute Gasteiger partial charge is 0.163 e. The highest BCUT2D eigenvalue weighted by Gasteiger charge is 2.11. The third kappa shape index (κ3) is 2.84. The normalized spacial score (nSPS) is 13.3. The third-order valence-corrected chi connectivity index (χ3v) is 4.30. The quantitative estimate of drug-likeness (QED) is 0.923. The van der Waals surface area contributed by atoms with Gasteiger partial charge in [0, 0.05) is 28.1 Å². The van der Waals surface area contributed by atoms with Gasteiger partial charge in [-0.1, -0.05) is 6.92 Å². The number of aryl methyl sites for hydroxylation is 1. The summed E-state index contributed by atoms with van der Waals surface area (Å²) < 4.78 is 11.1. The predicted octanol–water partition coefficient (Wildman–Crippen LogP) is 3.69. The maximum atomic E-state index is 5.58. The molecular weight excluding hydrogens is 258 g/mol. The minimum atomic E-state index is 0.626. The van der Waals surface area contributed by atoms with Gasteiger partial charge in [0.1, 0.15) is 13.2 Å². The average molecular weight is 275 g/mol. The van der Waals surface area contributed by atoms with Crippen LogP contribution in [0.4, 0.5) is 5.69 Å². The summed E-state index contributed by atoms with van der Waals surface area (Å²) in [5.74, 6) is 1.66. The molecule has 0 saturated carbocycles. The van der Waals surface area contributed by atoms with Crippen LogP contribution in [0.2, 0.25) is 0 Å². The first-order valence-corrected chi connectivity index (χ1v) is 7.38. The Balaban J connectivity index is 1.66. The Kier molecular flexibility index (Phi) is 3.60. The molecule has 1 aliphatic rings. The van der Waals surface area contributed by atoms with Crippen molar-refractivity contribution in [1.29, 1.82) is 0 Å². The van der Waals surface area contributed by atoms with Gasteiger partial charge in [-0.3, -0.25) is 0 Å². The van der Waals surface area contributed by atoms with Crippen LogP contribution in [0.5, 0.6) is 11.5 Å². The van der Waals surface area contributed by atoms with Gasteiger partial charge in [-0.05, 0) is 30.7 Å². The van der Waals surface area contributed by atoms with Crippen molar-refractivity contribution in [3.05, 3.63) is 40.1 Å². The fourth-order valence-corrected chi connectivity index (χ4v) is 2.95. The van der Waals surface area contributed by atoms with Crippen LogP contribution in [-0.4, -0.2) is 13.2 Å². The number of benzene rings is 1. The minimum absolute atomic E-state index is 0.626. The third-order valence-electron chi connectivity index (χ3n) is 3.07. The fourth-order valence-electron chi connectivity index (χ4n) is 2.05. The lowest BCUT2D eigenvalue weighted by atomic mass is 10.2. The molecule has 2 heterocycles. The van der Waals surface area contributed by atoms with E-state index in [-0.39, 0.29) is 0 Å². The Hall–Kier alpha value is -1.68. The second kappa shape index (κ2) is 5.53. The zero-order valence-electron chi connectivity index (χ0n) is 10.9. The minimum Gasteiger partial charge on any atom is -0.486 e. The summed E-state index contributed by atoms with van der Waals surface area (Å²) in [7, 11) is 0. The second-order valence-corrected chi connectivity index (χ2v) is 5.69. The first-order valence-electron chi connectivity index (χ1n) is 6.56. The van der Waals surface area contributed by atoms with E-state index < -0.39 is 0 Å². The molecule has 1 aromatic carbocycles. The van der Waals surface area contributed by atoms with Crippen molar-refractivity contribution in [2.75, 3.05) is 18.5 Å². The van der Waals surface area contributed by atoms with Crippen LogP contribution in [0.15, 0.2) is 30.3 Å². The lowest BCUT2D eigenvalue weighted by Crippen LogP contribution is -2.15. The molecule has 100 valence electrons. The van der Waals surface area contributed by atoms with E-state index in [4.69, 9.17) is 9.47 Å². The van der Waals surface area contributed by atoms with Gasteiger partial charge in [0.05, 0.1) is 0 Å². The van der Waals surface area contributed by atoms with Crippen molar-refractivity contribution in [2.45, 2.75) is 19.9 Å². The zero-order chi connectivity index (χ0) is 13.1. The van der Waals surface area contributed by atoms with Crippen molar-refractivity contribution in [3.63, 3.8) is 0 Å². The van der Waals surface area contributed by atoms with Crippen molar-refractivity contribution < 1.29 is 9.47 Å². The summed E-state index contributed by atoms with van der Waals surface area (Å²) in [6.07, 6.45) is 1.11. The monoisotopic (exact) mass is 275 g/mol. The van der Waals surface area contributed by atoms with Gasteiger partial charge < -0.3 is 14.8 Å². The Morgan fingerprint density at radius 3 is 2.63 bits per heavy atom. The van der Waals surface area contributed by atoms with Crippen LogP contribution < -0.4 is 14.8 Å². The number of fused-ring (bicyclic) bond motifs is 1. The van der Waals surface area contributed by atoms with E-state index in [0.29, 0.717) is 13.2 Å². The van der Waals surface area contributed by atoms with Crippen molar-refractivity contribution in [1.82, 2.24) is 0 Å². The molecular formula is C15H17NO2S. The number of rotatable bonds is 4. The Labute approximate surface area is 117 Å². The molecule has 0 amide bonds. The molecule has 1 aliphatic heterocycles. The Morgan fingerprint density at radius 1 is 1.05 bits per heavy atom. The highest BCUT2D eigenvalue weighted by Crippen LogP contribution is 2.32. The van der Waals surface area contributed by atoms with Gasteiger partial charge in [-0.25, -0.2) is 0 Å². The van der Waals surface area contributed by atoms with E-state index in [2.05, 4.69) is 24.4 Å². The zero-order valence-corrected chi connectivity index (χ0v) is 11.8. The van der Waals surface area contributed by atoms with E-state index in [1.165, 1.54) is 9.75 Å². The Bertz CT molecular complexity index is 565. The molecule has 0 unspecified atom stereocenters. The molecule has 3 nitrogen and oxygen atoms in total. The molecule has 0 radical (unpaired) electrons. The molecule has 1 aromatic heterocycles. The number of nitrogens with one attached hydrogen (secondary N) is 1. The summed E-state index contributed by atoms with van der Waals surface area (Å²) in [5.41, 5.74) is 1.07. The molecule has 1 N–H and O–H groups in total. The standard InChI is InChI=1S/C15H17NO2S/c1-2-12-4-5-13(19-12)10-16-11-3-6-14-15(9-11)18-8-7-17-14/h3-6,9,16H,2,7-8,10H2,1H3. The first-order chi connectivity index (χ1) is 9.35. The summed E-state index contributed by atoms with van der Waals surface area (Å²) >= 11 is 1.86. The van der Waals surface area contributed by atoms with Crippen molar-refractivity contribution in [2.24, 2.45) is 0 Å². The summed E-state index contributed by atoms with van der Waals surface area (Å²) in [6.45, 7) is 4.30. The molecule has 0 spiro atoms. The fraction of sp³-hybridized carbons (Fsp3) is 0.333. The van der Waals surface area contributed by atoms with Crippen LogP contribution in [0, 0.1) is 0 Å². The van der Waals surface area contributed by atoms with Crippen molar-refractivity contribution in [3.8, 4) is 11.5 Å². The van der Waals surface area contributed by atoms with Gasteiger partial charge in [0.25, 0.3) is 0 Å². The lowest BCUT2D eigenvalue weighted by molar-refractivity contribution is 0.171. The van der Waals surface area contributed by atoms with E-state index in [9.17, 15) is 0 Å².